The summed E-state index contributed by atoms with van der Waals surface area (Å²) in [5.74, 6) is 3.00. The Kier molecular flexibility index (Phi) is 10.6. The number of nitrogens with one attached hydrogen (secondary N) is 2. The maximum atomic E-state index is 6.18. The van der Waals surface area contributed by atoms with E-state index in [0.717, 1.165) is 76.2 Å². The first kappa shape index (κ1) is 24.8. The molecule has 3 rings (SSSR count). The Morgan fingerprint density at radius 1 is 1.19 bits per heavy atom. The third-order valence-electron chi connectivity index (χ3n) is 6.35. The zero-order chi connectivity index (χ0) is 22.6. The van der Waals surface area contributed by atoms with Crippen LogP contribution in [-0.4, -0.2) is 77.1 Å². The van der Waals surface area contributed by atoms with Crippen LogP contribution in [0, 0.1) is 18.8 Å². The summed E-state index contributed by atoms with van der Waals surface area (Å²) in [4.78, 5) is 7.35. The SMILES string of the molecule is CCNC(=NCc1ccc(C)cc1OCC1CCOC1)NCC1CCN(CCOC)CC1. The highest BCUT2D eigenvalue weighted by Crippen LogP contribution is 2.23. The van der Waals surface area contributed by atoms with Crippen LogP contribution in [0.5, 0.6) is 5.75 Å². The minimum absolute atomic E-state index is 0.492. The molecule has 180 valence electrons. The summed E-state index contributed by atoms with van der Waals surface area (Å²) in [6.45, 7) is 13.1. The number of rotatable bonds is 11. The molecule has 7 heteroatoms. The Morgan fingerprint density at radius 3 is 2.75 bits per heavy atom. The summed E-state index contributed by atoms with van der Waals surface area (Å²) < 4.78 is 16.9. The molecule has 0 radical (unpaired) electrons. The molecule has 1 unspecified atom stereocenters. The van der Waals surface area contributed by atoms with Gasteiger partial charge in [-0.05, 0) is 63.7 Å². The highest BCUT2D eigenvalue weighted by atomic mass is 16.5. The van der Waals surface area contributed by atoms with Crippen LogP contribution in [0.3, 0.4) is 0 Å². The van der Waals surface area contributed by atoms with Gasteiger partial charge in [-0.1, -0.05) is 12.1 Å². The van der Waals surface area contributed by atoms with E-state index < -0.39 is 0 Å². The van der Waals surface area contributed by atoms with Gasteiger partial charge in [0.2, 0.25) is 0 Å². The van der Waals surface area contributed by atoms with Crippen LogP contribution in [-0.2, 0) is 16.0 Å². The van der Waals surface area contributed by atoms with Crippen LogP contribution >= 0.6 is 0 Å². The molecule has 1 atom stereocenters. The summed E-state index contributed by atoms with van der Waals surface area (Å²) in [6.07, 6.45) is 3.52. The number of aryl methyl sites for hydroxylation is 1. The number of aliphatic imine (C=N–C) groups is 1. The van der Waals surface area contributed by atoms with Gasteiger partial charge in [-0.3, -0.25) is 0 Å². The van der Waals surface area contributed by atoms with Crippen LogP contribution in [0.25, 0.3) is 0 Å². The van der Waals surface area contributed by atoms with E-state index in [-0.39, 0.29) is 0 Å². The predicted molar refractivity (Wildman–Crippen MR) is 129 cm³/mol. The van der Waals surface area contributed by atoms with Gasteiger partial charge in [0.25, 0.3) is 0 Å². The first-order valence-electron chi connectivity index (χ1n) is 12.2. The van der Waals surface area contributed by atoms with Gasteiger partial charge < -0.3 is 29.7 Å². The van der Waals surface area contributed by atoms with E-state index in [1.165, 1.54) is 18.4 Å². The summed E-state index contributed by atoms with van der Waals surface area (Å²) in [6, 6.07) is 6.39. The van der Waals surface area contributed by atoms with Gasteiger partial charge in [0.05, 0.1) is 26.4 Å². The van der Waals surface area contributed by atoms with Crippen molar-refractivity contribution in [3.8, 4) is 5.75 Å². The van der Waals surface area contributed by atoms with Crippen molar-refractivity contribution in [3.63, 3.8) is 0 Å². The fraction of sp³-hybridized carbons (Fsp3) is 0.720. The van der Waals surface area contributed by atoms with Gasteiger partial charge in [0.15, 0.2) is 5.96 Å². The van der Waals surface area contributed by atoms with E-state index in [4.69, 9.17) is 19.2 Å². The van der Waals surface area contributed by atoms with Gasteiger partial charge in [0.1, 0.15) is 5.75 Å². The second-order valence-electron chi connectivity index (χ2n) is 9.01. The highest BCUT2D eigenvalue weighted by Gasteiger charge is 2.19. The van der Waals surface area contributed by atoms with E-state index in [9.17, 15) is 0 Å². The van der Waals surface area contributed by atoms with Crippen LogP contribution in [0.2, 0.25) is 0 Å². The molecule has 7 nitrogen and oxygen atoms in total. The third-order valence-corrected chi connectivity index (χ3v) is 6.35. The van der Waals surface area contributed by atoms with Gasteiger partial charge in [-0.15, -0.1) is 0 Å². The molecule has 0 aliphatic carbocycles. The Bertz CT molecular complexity index is 698. The maximum Gasteiger partial charge on any atom is 0.191 e. The van der Waals surface area contributed by atoms with Gasteiger partial charge in [-0.2, -0.15) is 0 Å². The van der Waals surface area contributed by atoms with Crippen molar-refractivity contribution in [1.29, 1.82) is 0 Å². The van der Waals surface area contributed by atoms with E-state index in [1.807, 2.05) is 0 Å². The van der Waals surface area contributed by atoms with Gasteiger partial charge >= 0.3 is 0 Å². The van der Waals surface area contributed by atoms with E-state index in [0.29, 0.717) is 25.0 Å². The molecule has 2 aliphatic rings. The summed E-state index contributed by atoms with van der Waals surface area (Å²) in [5.41, 5.74) is 2.33. The van der Waals surface area contributed by atoms with Crippen LogP contribution in [0.4, 0.5) is 0 Å². The number of hydrogen-bond donors (Lipinski definition) is 2. The molecule has 1 aromatic rings. The van der Waals surface area contributed by atoms with E-state index in [1.54, 1.807) is 7.11 Å². The number of nitrogens with zero attached hydrogens (tertiary/aromatic N) is 2. The molecule has 32 heavy (non-hydrogen) atoms. The Labute approximate surface area is 193 Å². The lowest BCUT2D eigenvalue weighted by Crippen LogP contribution is -2.43. The monoisotopic (exact) mass is 446 g/mol. The maximum absolute atomic E-state index is 6.18. The highest BCUT2D eigenvalue weighted by molar-refractivity contribution is 5.79. The molecule has 2 aliphatic heterocycles. The second kappa shape index (κ2) is 13.7. The normalized spacial score (nSPS) is 20.5. The minimum atomic E-state index is 0.492. The average molecular weight is 447 g/mol. The fourth-order valence-electron chi connectivity index (χ4n) is 4.23. The molecule has 0 bridgehead atoms. The Morgan fingerprint density at radius 2 is 2.03 bits per heavy atom. The zero-order valence-electron chi connectivity index (χ0n) is 20.2. The fourth-order valence-corrected chi connectivity index (χ4v) is 4.23. The number of methoxy groups -OCH3 is 1. The number of piperidine rings is 1. The predicted octanol–water partition coefficient (Wildman–Crippen LogP) is 2.82. The number of benzene rings is 1. The average Bonchev–Trinajstić information content (AvgIpc) is 3.33. The lowest BCUT2D eigenvalue weighted by atomic mass is 9.97. The lowest BCUT2D eigenvalue weighted by Gasteiger charge is -2.32. The first-order valence-corrected chi connectivity index (χ1v) is 12.2. The quantitative estimate of drug-likeness (QED) is 0.403. The molecular formula is C25H42N4O3. The second-order valence-corrected chi connectivity index (χ2v) is 9.01. The summed E-state index contributed by atoms with van der Waals surface area (Å²) in [7, 11) is 1.77. The molecule has 2 saturated heterocycles. The van der Waals surface area contributed by atoms with Crippen molar-refractivity contribution in [1.82, 2.24) is 15.5 Å². The lowest BCUT2D eigenvalue weighted by molar-refractivity contribution is 0.121. The van der Waals surface area contributed by atoms with Crippen molar-refractivity contribution in [3.05, 3.63) is 29.3 Å². The number of likely N-dealkylation sites (tertiary alicyclic amines) is 1. The molecule has 1 aromatic carbocycles. The van der Waals surface area contributed by atoms with Crippen LogP contribution in [0.1, 0.15) is 37.3 Å². The molecule has 2 heterocycles. The largest absolute Gasteiger partial charge is 0.493 e. The summed E-state index contributed by atoms with van der Waals surface area (Å²) in [5, 5.41) is 6.96. The first-order chi connectivity index (χ1) is 15.7. The van der Waals surface area contributed by atoms with Crippen molar-refractivity contribution in [2.24, 2.45) is 16.8 Å². The van der Waals surface area contributed by atoms with Crippen LogP contribution in [0.15, 0.2) is 23.2 Å². The van der Waals surface area contributed by atoms with Crippen molar-refractivity contribution in [2.45, 2.75) is 39.7 Å². The molecule has 2 N–H and O–H groups in total. The van der Waals surface area contributed by atoms with Crippen molar-refractivity contribution in [2.75, 3.05) is 66.3 Å². The Hall–Kier alpha value is -1.83. The molecule has 0 saturated carbocycles. The summed E-state index contributed by atoms with van der Waals surface area (Å²) >= 11 is 0. The van der Waals surface area contributed by atoms with Crippen molar-refractivity contribution < 1.29 is 14.2 Å². The van der Waals surface area contributed by atoms with E-state index >= 15 is 0 Å². The number of guanidine groups is 1. The number of ether oxygens (including phenoxy) is 3. The minimum Gasteiger partial charge on any atom is -0.493 e. The van der Waals surface area contributed by atoms with Crippen LogP contribution < -0.4 is 15.4 Å². The standard InChI is InChI=1S/C25H42N4O3/c1-4-26-25(27-16-21-7-10-29(11-8-21)12-14-30-3)28-17-23-6-5-20(2)15-24(23)32-19-22-9-13-31-18-22/h5-6,15,21-22H,4,7-14,16-19H2,1-3H3,(H2,26,27,28). The topological polar surface area (TPSA) is 67.4 Å². The van der Waals surface area contributed by atoms with E-state index in [2.05, 4.69) is 47.6 Å². The van der Waals surface area contributed by atoms with Gasteiger partial charge in [-0.25, -0.2) is 4.99 Å². The molecular weight excluding hydrogens is 404 g/mol. The van der Waals surface area contributed by atoms with Gasteiger partial charge in [0, 0.05) is 44.8 Å². The number of hydrogen-bond acceptors (Lipinski definition) is 5. The smallest absolute Gasteiger partial charge is 0.191 e. The molecule has 0 aromatic heterocycles. The molecule has 0 amide bonds. The zero-order valence-corrected chi connectivity index (χ0v) is 20.2. The molecule has 2 fully saturated rings. The van der Waals surface area contributed by atoms with Crippen molar-refractivity contribution >= 4 is 5.96 Å². The molecule has 0 spiro atoms. The third kappa shape index (κ3) is 8.26. The Balaban J connectivity index is 1.51.